The number of nitrogen functional groups attached to an aromatic ring is 1. The first-order valence-corrected chi connectivity index (χ1v) is 7.19. The topological polar surface area (TPSA) is 55.0 Å². The average Bonchev–Trinajstić information content (AvgIpc) is 2.47. The molecule has 0 unspecified atom stereocenters. The van der Waals surface area contributed by atoms with Gasteiger partial charge in [-0.15, -0.1) is 0 Å². The molecule has 4 nitrogen and oxygen atoms in total. The van der Waals surface area contributed by atoms with Gasteiger partial charge in [0.2, 0.25) is 0 Å². The molecule has 0 atom stereocenters. The molecule has 0 spiro atoms. The summed E-state index contributed by atoms with van der Waals surface area (Å²) < 4.78 is 0. The van der Waals surface area contributed by atoms with Gasteiger partial charge >= 0.3 is 0 Å². The van der Waals surface area contributed by atoms with Gasteiger partial charge in [-0.25, -0.2) is 9.97 Å². The molecule has 0 radical (unpaired) electrons. The first-order chi connectivity index (χ1) is 9.72. The summed E-state index contributed by atoms with van der Waals surface area (Å²) in [5, 5.41) is 0. The van der Waals surface area contributed by atoms with E-state index in [1.165, 1.54) is 19.3 Å². The molecule has 20 heavy (non-hydrogen) atoms. The second kappa shape index (κ2) is 5.49. The number of aryl methyl sites for hydroxylation is 1. The molecule has 0 saturated carbocycles. The van der Waals surface area contributed by atoms with Crippen molar-refractivity contribution in [2.75, 3.05) is 23.7 Å². The van der Waals surface area contributed by atoms with Gasteiger partial charge < -0.3 is 10.6 Å². The molecule has 1 aromatic heterocycles. The second-order valence-electron chi connectivity index (χ2n) is 5.36. The van der Waals surface area contributed by atoms with E-state index in [2.05, 4.69) is 16.0 Å². The van der Waals surface area contributed by atoms with Gasteiger partial charge in [-0.3, -0.25) is 0 Å². The maximum Gasteiger partial charge on any atom is 0.161 e. The van der Waals surface area contributed by atoms with Gasteiger partial charge in [0.05, 0.1) is 0 Å². The zero-order chi connectivity index (χ0) is 13.9. The van der Waals surface area contributed by atoms with Crippen molar-refractivity contribution in [3.63, 3.8) is 0 Å². The second-order valence-corrected chi connectivity index (χ2v) is 5.36. The summed E-state index contributed by atoms with van der Waals surface area (Å²) in [6.45, 7) is 4.20. The minimum atomic E-state index is 0.743. The Bertz CT molecular complexity index is 603. The smallest absolute Gasteiger partial charge is 0.161 e. The maximum atomic E-state index is 5.85. The van der Waals surface area contributed by atoms with Crippen molar-refractivity contribution >= 4 is 11.5 Å². The van der Waals surface area contributed by atoms with E-state index in [-0.39, 0.29) is 0 Å². The number of benzene rings is 1. The van der Waals surface area contributed by atoms with Crippen LogP contribution in [0.1, 0.15) is 25.0 Å². The van der Waals surface area contributed by atoms with Crippen LogP contribution in [0.3, 0.4) is 0 Å². The molecule has 1 aliphatic heterocycles. The number of nitrogens with zero attached hydrogens (tertiary/aromatic N) is 3. The minimum Gasteiger partial charge on any atom is -0.399 e. The highest BCUT2D eigenvalue weighted by molar-refractivity contribution is 5.62. The Balaban J connectivity index is 1.97. The average molecular weight is 268 g/mol. The lowest BCUT2D eigenvalue weighted by Crippen LogP contribution is -2.30. The number of hydrogen-bond acceptors (Lipinski definition) is 4. The molecule has 1 aromatic carbocycles. The summed E-state index contributed by atoms with van der Waals surface area (Å²) in [7, 11) is 0. The molecule has 1 fully saturated rings. The largest absolute Gasteiger partial charge is 0.399 e. The number of piperidine rings is 1. The summed E-state index contributed by atoms with van der Waals surface area (Å²) in [5.74, 6) is 1.80. The molecule has 1 saturated heterocycles. The Kier molecular flexibility index (Phi) is 3.54. The van der Waals surface area contributed by atoms with Crippen molar-refractivity contribution in [1.82, 2.24) is 9.97 Å². The highest BCUT2D eigenvalue weighted by Crippen LogP contribution is 2.23. The monoisotopic (exact) mass is 268 g/mol. The van der Waals surface area contributed by atoms with E-state index in [9.17, 15) is 0 Å². The quantitative estimate of drug-likeness (QED) is 0.851. The fourth-order valence-electron chi connectivity index (χ4n) is 2.64. The predicted molar refractivity (Wildman–Crippen MR) is 82.7 cm³/mol. The van der Waals surface area contributed by atoms with Gasteiger partial charge in [-0.2, -0.15) is 0 Å². The molecule has 3 rings (SSSR count). The van der Waals surface area contributed by atoms with Crippen molar-refractivity contribution in [1.29, 1.82) is 0 Å². The molecule has 0 bridgehead atoms. The van der Waals surface area contributed by atoms with E-state index in [4.69, 9.17) is 10.7 Å². The van der Waals surface area contributed by atoms with Crippen LogP contribution in [0.15, 0.2) is 30.3 Å². The molecule has 2 N–H and O–H groups in total. The van der Waals surface area contributed by atoms with Crippen molar-refractivity contribution < 1.29 is 0 Å². The summed E-state index contributed by atoms with van der Waals surface area (Å²) in [4.78, 5) is 11.6. The summed E-state index contributed by atoms with van der Waals surface area (Å²) >= 11 is 0. The molecular weight excluding hydrogens is 248 g/mol. The first-order valence-electron chi connectivity index (χ1n) is 7.19. The van der Waals surface area contributed by atoms with E-state index < -0.39 is 0 Å². The molecule has 4 heteroatoms. The zero-order valence-corrected chi connectivity index (χ0v) is 11.8. The van der Waals surface area contributed by atoms with Crippen LogP contribution in [0, 0.1) is 6.92 Å². The van der Waals surface area contributed by atoms with Gasteiger partial charge in [0.15, 0.2) is 5.82 Å². The SMILES string of the molecule is Cc1cc(N2CCCCC2)nc(-c2cccc(N)c2)n1. The van der Waals surface area contributed by atoms with Crippen LogP contribution >= 0.6 is 0 Å². The lowest BCUT2D eigenvalue weighted by Gasteiger charge is -2.28. The van der Waals surface area contributed by atoms with Gasteiger partial charge in [0.25, 0.3) is 0 Å². The fourth-order valence-corrected chi connectivity index (χ4v) is 2.64. The summed E-state index contributed by atoms with van der Waals surface area (Å²) in [5.41, 5.74) is 8.57. The number of anilines is 2. The van der Waals surface area contributed by atoms with E-state index in [0.717, 1.165) is 41.7 Å². The van der Waals surface area contributed by atoms with Crippen molar-refractivity contribution in [3.8, 4) is 11.4 Å². The molecule has 0 amide bonds. The highest BCUT2D eigenvalue weighted by Gasteiger charge is 2.14. The third-order valence-corrected chi connectivity index (χ3v) is 3.67. The van der Waals surface area contributed by atoms with Crippen molar-refractivity contribution in [2.24, 2.45) is 0 Å². The fraction of sp³-hybridized carbons (Fsp3) is 0.375. The number of hydrogen-bond donors (Lipinski definition) is 1. The molecule has 0 aliphatic carbocycles. The Morgan fingerprint density at radius 2 is 1.85 bits per heavy atom. The maximum absolute atomic E-state index is 5.85. The minimum absolute atomic E-state index is 0.743. The predicted octanol–water partition coefficient (Wildman–Crippen LogP) is 3.02. The van der Waals surface area contributed by atoms with Crippen LogP contribution in [0.5, 0.6) is 0 Å². The Morgan fingerprint density at radius 1 is 1.05 bits per heavy atom. The first kappa shape index (κ1) is 12.9. The normalized spacial score (nSPS) is 15.3. The van der Waals surface area contributed by atoms with Crippen LogP contribution in [0.2, 0.25) is 0 Å². The van der Waals surface area contributed by atoms with Crippen molar-refractivity contribution in [2.45, 2.75) is 26.2 Å². The van der Waals surface area contributed by atoms with E-state index in [1.807, 2.05) is 31.2 Å². The van der Waals surface area contributed by atoms with Crippen LogP contribution in [0.4, 0.5) is 11.5 Å². The molecule has 104 valence electrons. The number of rotatable bonds is 2. The molecule has 2 heterocycles. The van der Waals surface area contributed by atoms with E-state index in [0.29, 0.717) is 0 Å². The van der Waals surface area contributed by atoms with Gasteiger partial charge in [0.1, 0.15) is 5.82 Å². The zero-order valence-electron chi connectivity index (χ0n) is 11.8. The third kappa shape index (κ3) is 2.74. The van der Waals surface area contributed by atoms with Gasteiger partial charge in [-0.05, 0) is 38.3 Å². The third-order valence-electron chi connectivity index (χ3n) is 3.67. The molecular formula is C16H20N4. The molecule has 1 aliphatic rings. The van der Waals surface area contributed by atoms with Gasteiger partial charge in [0, 0.05) is 36.1 Å². The number of nitrogens with two attached hydrogens (primary N) is 1. The Labute approximate surface area is 119 Å². The Morgan fingerprint density at radius 3 is 2.60 bits per heavy atom. The van der Waals surface area contributed by atoms with E-state index in [1.54, 1.807) is 0 Å². The number of aromatic nitrogens is 2. The highest BCUT2D eigenvalue weighted by atomic mass is 15.2. The van der Waals surface area contributed by atoms with Crippen LogP contribution < -0.4 is 10.6 Å². The standard InChI is InChI=1S/C16H20N4/c1-12-10-15(20-8-3-2-4-9-20)19-16(18-12)13-6-5-7-14(17)11-13/h5-7,10-11H,2-4,8-9,17H2,1H3. The lowest BCUT2D eigenvalue weighted by molar-refractivity contribution is 0.573. The van der Waals surface area contributed by atoms with E-state index >= 15 is 0 Å². The molecule has 2 aromatic rings. The van der Waals surface area contributed by atoms with Gasteiger partial charge in [-0.1, -0.05) is 12.1 Å². The Hall–Kier alpha value is -2.10. The van der Waals surface area contributed by atoms with Crippen LogP contribution in [0.25, 0.3) is 11.4 Å². The summed E-state index contributed by atoms with van der Waals surface area (Å²) in [6.07, 6.45) is 3.82. The van der Waals surface area contributed by atoms with Crippen LogP contribution in [-0.4, -0.2) is 23.1 Å². The van der Waals surface area contributed by atoms with Crippen LogP contribution in [-0.2, 0) is 0 Å². The lowest BCUT2D eigenvalue weighted by atomic mass is 10.1. The van der Waals surface area contributed by atoms with Crippen molar-refractivity contribution in [3.05, 3.63) is 36.0 Å². The summed E-state index contributed by atoms with van der Waals surface area (Å²) in [6, 6.07) is 9.82.